The molecular weight excluding hydrogens is 390 g/mol. The van der Waals surface area contributed by atoms with Crippen LogP contribution in [-0.4, -0.2) is 24.0 Å². The monoisotopic (exact) mass is 411 g/mol. The lowest BCUT2D eigenvalue weighted by Crippen LogP contribution is -2.15. The van der Waals surface area contributed by atoms with Gasteiger partial charge in [0, 0.05) is 17.4 Å². The van der Waals surface area contributed by atoms with Gasteiger partial charge in [-0.2, -0.15) is 0 Å². The topological polar surface area (TPSA) is 49.3 Å². The number of benzene rings is 2. The van der Waals surface area contributed by atoms with Crippen molar-refractivity contribution in [3.05, 3.63) is 81.3 Å². The number of hydrogen-bond acceptors (Lipinski definition) is 3. The number of aliphatic hydroxyl groups is 1. The third-order valence-corrected chi connectivity index (χ3v) is 5.25. The summed E-state index contributed by atoms with van der Waals surface area (Å²) in [6.07, 6.45) is 5.12. The zero-order valence-corrected chi connectivity index (χ0v) is 16.1. The van der Waals surface area contributed by atoms with E-state index in [4.69, 9.17) is 5.11 Å². The first-order valence-corrected chi connectivity index (χ1v) is 9.54. The molecular formula is C22H22BrNO2. The zero-order chi connectivity index (χ0) is 18.4. The molecule has 2 aromatic rings. The van der Waals surface area contributed by atoms with Gasteiger partial charge in [0.15, 0.2) is 5.78 Å². The molecule has 2 N–H and O–H groups in total. The van der Waals surface area contributed by atoms with Gasteiger partial charge < -0.3 is 10.4 Å². The van der Waals surface area contributed by atoms with Crippen molar-refractivity contribution in [1.82, 2.24) is 5.32 Å². The molecule has 0 aromatic heterocycles. The number of allylic oxidation sites excluding steroid dienone is 1. The summed E-state index contributed by atoms with van der Waals surface area (Å²) in [6.45, 7) is 1.28. The molecule has 0 heterocycles. The third-order valence-electron chi connectivity index (χ3n) is 4.49. The highest BCUT2D eigenvalue weighted by atomic mass is 79.9. The van der Waals surface area contributed by atoms with Crippen LogP contribution in [0.2, 0.25) is 0 Å². The molecule has 0 spiro atoms. The molecule has 2 aromatic carbocycles. The number of ketones is 1. The summed E-state index contributed by atoms with van der Waals surface area (Å²) in [4.78, 5) is 11.1. The average molecular weight is 412 g/mol. The quantitative estimate of drug-likeness (QED) is 0.507. The van der Waals surface area contributed by atoms with Gasteiger partial charge in [-0.3, -0.25) is 4.79 Å². The second-order valence-electron chi connectivity index (χ2n) is 6.34. The van der Waals surface area contributed by atoms with Crippen LogP contribution in [0.4, 0.5) is 0 Å². The Labute approximate surface area is 162 Å². The largest absolute Gasteiger partial charge is 0.388 e. The Morgan fingerprint density at radius 2 is 1.92 bits per heavy atom. The minimum absolute atomic E-state index is 0.287. The second-order valence-corrected chi connectivity index (χ2v) is 7.30. The Kier molecular flexibility index (Phi) is 6.56. The summed E-state index contributed by atoms with van der Waals surface area (Å²) in [6, 6.07) is 16.6. The number of halogens is 1. The maximum absolute atomic E-state index is 11.1. The molecule has 1 aliphatic rings. The van der Waals surface area contributed by atoms with E-state index in [0.29, 0.717) is 0 Å². The number of nitrogens with one attached hydrogen (secondary N) is 1. The molecule has 0 fully saturated rings. The number of fused-ring (bicyclic) bond motifs is 1. The van der Waals surface area contributed by atoms with Crippen molar-refractivity contribution in [2.75, 3.05) is 13.2 Å². The SMILES string of the molecule is O=C(/C=C/c1ccc(CNCCC2=C(Br)Cc3ccccc32)cc1)CO. The predicted octanol–water partition coefficient (Wildman–Crippen LogP) is 4.10. The van der Waals surface area contributed by atoms with E-state index >= 15 is 0 Å². The normalized spacial score (nSPS) is 13.5. The molecule has 0 bridgehead atoms. The van der Waals surface area contributed by atoms with Crippen LogP contribution < -0.4 is 5.32 Å². The van der Waals surface area contributed by atoms with E-state index in [1.807, 2.05) is 12.1 Å². The first kappa shape index (κ1) is 18.8. The number of carbonyl (C=O) groups is 1. The summed E-state index contributed by atoms with van der Waals surface area (Å²) < 4.78 is 1.30. The summed E-state index contributed by atoms with van der Waals surface area (Å²) >= 11 is 3.73. The standard InChI is InChI=1S/C22H22BrNO2/c23-22-13-18-3-1-2-4-20(18)21(22)11-12-24-14-17-7-5-16(6-8-17)9-10-19(26)15-25/h1-10,24-25H,11-15H2/b10-9+. The number of aliphatic hydroxyl groups excluding tert-OH is 1. The number of rotatable bonds is 8. The summed E-state index contributed by atoms with van der Waals surface area (Å²) in [5.74, 6) is -0.287. The van der Waals surface area contributed by atoms with Gasteiger partial charge in [0.05, 0.1) is 0 Å². The van der Waals surface area contributed by atoms with Crippen molar-refractivity contribution in [2.24, 2.45) is 0 Å². The Balaban J connectivity index is 1.48. The predicted molar refractivity (Wildman–Crippen MR) is 110 cm³/mol. The summed E-state index contributed by atoms with van der Waals surface area (Å²) in [5, 5.41) is 12.2. The van der Waals surface area contributed by atoms with Crippen LogP contribution >= 0.6 is 15.9 Å². The van der Waals surface area contributed by atoms with Crippen LogP contribution in [0.25, 0.3) is 11.6 Å². The van der Waals surface area contributed by atoms with Gasteiger partial charge in [-0.05, 0) is 46.9 Å². The van der Waals surface area contributed by atoms with Crippen LogP contribution in [0, 0.1) is 0 Å². The van der Waals surface area contributed by atoms with Crippen molar-refractivity contribution in [2.45, 2.75) is 19.4 Å². The second kappa shape index (κ2) is 9.08. The molecule has 1 aliphatic carbocycles. The van der Waals surface area contributed by atoms with Crippen LogP contribution in [0.1, 0.15) is 28.7 Å². The lowest BCUT2D eigenvalue weighted by molar-refractivity contribution is -0.117. The highest BCUT2D eigenvalue weighted by Gasteiger charge is 2.18. The van der Waals surface area contributed by atoms with Gasteiger partial charge in [0.25, 0.3) is 0 Å². The molecule has 4 heteroatoms. The van der Waals surface area contributed by atoms with Gasteiger partial charge in [0.2, 0.25) is 0 Å². The summed E-state index contributed by atoms with van der Waals surface area (Å²) in [5.41, 5.74) is 6.33. The first-order valence-electron chi connectivity index (χ1n) is 8.74. The van der Waals surface area contributed by atoms with Crippen LogP contribution in [0.3, 0.4) is 0 Å². The lowest BCUT2D eigenvalue weighted by Gasteiger charge is -2.08. The first-order chi connectivity index (χ1) is 12.7. The van der Waals surface area contributed by atoms with Crippen molar-refractivity contribution in [3.63, 3.8) is 0 Å². The van der Waals surface area contributed by atoms with E-state index in [2.05, 4.69) is 57.6 Å². The Morgan fingerprint density at radius 3 is 2.69 bits per heavy atom. The maximum atomic E-state index is 11.1. The lowest BCUT2D eigenvalue weighted by atomic mass is 10.0. The molecule has 0 saturated carbocycles. The van der Waals surface area contributed by atoms with E-state index < -0.39 is 6.61 Å². The Hall–Kier alpha value is -2.01. The van der Waals surface area contributed by atoms with E-state index in [9.17, 15) is 4.79 Å². The summed E-state index contributed by atoms with van der Waals surface area (Å²) in [7, 11) is 0. The minimum Gasteiger partial charge on any atom is -0.388 e. The molecule has 3 nitrogen and oxygen atoms in total. The van der Waals surface area contributed by atoms with Gasteiger partial charge in [0.1, 0.15) is 6.61 Å². The molecule has 134 valence electrons. The highest BCUT2D eigenvalue weighted by molar-refractivity contribution is 9.11. The molecule has 0 amide bonds. The fourth-order valence-electron chi connectivity index (χ4n) is 3.09. The smallest absolute Gasteiger partial charge is 0.181 e. The number of hydrogen-bond donors (Lipinski definition) is 2. The van der Waals surface area contributed by atoms with E-state index in [-0.39, 0.29) is 5.78 Å². The molecule has 26 heavy (non-hydrogen) atoms. The van der Waals surface area contributed by atoms with Crippen molar-refractivity contribution < 1.29 is 9.90 Å². The fourth-order valence-corrected chi connectivity index (χ4v) is 3.81. The maximum Gasteiger partial charge on any atom is 0.181 e. The molecule has 0 radical (unpaired) electrons. The Bertz CT molecular complexity index is 837. The minimum atomic E-state index is -0.449. The van der Waals surface area contributed by atoms with Gasteiger partial charge in [-0.1, -0.05) is 70.5 Å². The van der Waals surface area contributed by atoms with Crippen molar-refractivity contribution in [3.8, 4) is 0 Å². The van der Waals surface area contributed by atoms with Gasteiger partial charge in [-0.15, -0.1) is 0 Å². The van der Waals surface area contributed by atoms with Gasteiger partial charge >= 0.3 is 0 Å². The molecule has 0 saturated heterocycles. The third kappa shape index (κ3) is 4.79. The van der Waals surface area contributed by atoms with Crippen LogP contribution in [0.5, 0.6) is 0 Å². The van der Waals surface area contributed by atoms with Crippen molar-refractivity contribution >= 4 is 33.4 Å². The zero-order valence-electron chi connectivity index (χ0n) is 14.5. The Morgan fingerprint density at radius 1 is 1.15 bits per heavy atom. The van der Waals surface area contributed by atoms with Crippen LogP contribution in [0.15, 0.2) is 59.1 Å². The van der Waals surface area contributed by atoms with Crippen LogP contribution in [-0.2, 0) is 17.8 Å². The average Bonchev–Trinajstić information content (AvgIpc) is 2.99. The molecule has 3 rings (SSSR count). The molecule has 0 aliphatic heterocycles. The highest BCUT2D eigenvalue weighted by Crippen LogP contribution is 2.37. The van der Waals surface area contributed by atoms with E-state index in [1.165, 1.54) is 32.8 Å². The molecule has 0 unspecified atom stereocenters. The van der Waals surface area contributed by atoms with E-state index in [0.717, 1.165) is 31.5 Å². The van der Waals surface area contributed by atoms with Gasteiger partial charge in [-0.25, -0.2) is 0 Å². The van der Waals surface area contributed by atoms with Crippen molar-refractivity contribution in [1.29, 1.82) is 0 Å². The molecule has 0 atom stereocenters. The fraction of sp³-hybridized carbons (Fsp3) is 0.227. The number of carbonyl (C=O) groups excluding carboxylic acids is 1. The van der Waals surface area contributed by atoms with E-state index in [1.54, 1.807) is 6.08 Å².